The Morgan fingerprint density at radius 2 is 1.90 bits per heavy atom. The molecule has 1 saturated heterocycles. The predicted molar refractivity (Wildman–Crippen MR) is 70.6 cm³/mol. The first-order valence-electron chi connectivity index (χ1n) is 6.52. The van der Waals surface area contributed by atoms with E-state index in [0.29, 0.717) is 11.1 Å². The quantitative estimate of drug-likeness (QED) is 0.552. The van der Waals surface area contributed by atoms with Gasteiger partial charge in [-0.3, -0.25) is 4.79 Å². The van der Waals surface area contributed by atoms with Gasteiger partial charge in [-0.1, -0.05) is 19.6 Å². The topological polar surface area (TPSA) is 87.0 Å². The summed E-state index contributed by atoms with van der Waals surface area (Å²) in [4.78, 5) is 12.0. The first kappa shape index (κ1) is 13.7. The van der Waals surface area contributed by atoms with Crippen molar-refractivity contribution in [3.05, 3.63) is 36.0 Å². The molecule has 5 nitrogen and oxygen atoms in total. The highest BCUT2D eigenvalue weighted by Crippen LogP contribution is 2.58. The SMILES string of the molecule is C=C1COC2(O)C=C3C=CC(=O)C(C)(O)C3(C)CC12O. The maximum absolute atomic E-state index is 12.0. The zero-order chi connectivity index (χ0) is 15.0. The van der Waals surface area contributed by atoms with E-state index >= 15 is 0 Å². The molecule has 3 rings (SSSR count). The van der Waals surface area contributed by atoms with Crippen molar-refractivity contribution in [2.45, 2.75) is 37.3 Å². The van der Waals surface area contributed by atoms with Crippen LogP contribution in [0.2, 0.25) is 0 Å². The van der Waals surface area contributed by atoms with Gasteiger partial charge in [0.2, 0.25) is 5.79 Å². The second kappa shape index (κ2) is 3.49. The summed E-state index contributed by atoms with van der Waals surface area (Å²) in [7, 11) is 0. The lowest BCUT2D eigenvalue weighted by Crippen LogP contribution is -2.63. The van der Waals surface area contributed by atoms with Crippen molar-refractivity contribution in [2.75, 3.05) is 6.61 Å². The average Bonchev–Trinajstić information content (AvgIpc) is 2.57. The summed E-state index contributed by atoms with van der Waals surface area (Å²) >= 11 is 0. The van der Waals surface area contributed by atoms with Gasteiger partial charge in [0.05, 0.1) is 6.61 Å². The normalized spacial score (nSPS) is 50.8. The number of carbonyl (C=O) groups excluding carboxylic acids is 1. The van der Waals surface area contributed by atoms with Crippen LogP contribution in [0.3, 0.4) is 0 Å². The zero-order valence-corrected chi connectivity index (χ0v) is 11.5. The summed E-state index contributed by atoms with van der Waals surface area (Å²) in [6.45, 7) is 6.90. The monoisotopic (exact) mass is 278 g/mol. The van der Waals surface area contributed by atoms with Crippen LogP contribution in [0.1, 0.15) is 20.3 Å². The van der Waals surface area contributed by atoms with Crippen molar-refractivity contribution in [1.29, 1.82) is 0 Å². The third kappa shape index (κ3) is 1.29. The van der Waals surface area contributed by atoms with Gasteiger partial charge >= 0.3 is 0 Å². The van der Waals surface area contributed by atoms with Crippen molar-refractivity contribution in [1.82, 2.24) is 0 Å². The largest absolute Gasteiger partial charge is 0.381 e. The van der Waals surface area contributed by atoms with Gasteiger partial charge in [-0.15, -0.1) is 0 Å². The van der Waals surface area contributed by atoms with Crippen molar-refractivity contribution in [3.63, 3.8) is 0 Å². The van der Waals surface area contributed by atoms with E-state index in [-0.39, 0.29) is 13.0 Å². The second-order valence-corrected chi connectivity index (χ2v) is 6.33. The molecule has 0 aromatic heterocycles. The summed E-state index contributed by atoms with van der Waals surface area (Å²) in [5.41, 5.74) is -3.47. The number of aliphatic hydroxyl groups is 3. The minimum atomic E-state index is -1.86. The summed E-state index contributed by atoms with van der Waals surface area (Å²) in [5.74, 6) is -2.28. The van der Waals surface area contributed by atoms with Gasteiger partial charge in [0, 0.05) is 5.41 Å². The predicted octanol–water partition coefficient (Wildman–Crippen LogP) is 0.219. The van der Waals surface area contributed by atoms with Crippen LogP contribution in [0, 0.1) is 5.41 Å². The molecule has 0 amide bonds. The van der Waals surface area contributed by atoms with Gasteiger partial charge in [-0.25, -0.2) is 0 Å². The number of allylic oxidation sites excluding steroid dienone is 1. The van der Waals surface area contributed by atoms with Gasteiger partial charge in [-0.2, -0.15) is 0 Å². The minimum Gasteiger partial charge on any atom is -0.381 e. The third-order valence-corrected chi connectivity index (χ3v) is 5.21. The molecule has 0 bridgehead atoms. The summed E-state index contributed by atoms with van der Waals surface area (Å²) < 4.78 is 5.28. The van der Waals surface area contributed by atoms with Crippen LogP contribution in [0.5, 0.6) is 0 Å². The Morgan fingerprint density at radius 3 is 2.55 bits per heavy atom. The van der Waals surface area contributed by atoms with Crippen molar-refractivity contribution in [2.24, 2.45) is 5.41 Å². The molecule has 0 saturated carbocycles. The van der Waals surface area contributed by atoms with Gasteiger partial charge < -0.3 is 20.1 Å². The molecule has 4 unspecified atom stereocenters. The first-order chi connectivity index (χ1) is 9.07. The van der Waals surface area contributed by atoms with Crippen LogP contribution in [-0.2, 0) is 9.53 Å². The highest BCUT2D eigenvalue weighted by Gasteiger charge is 2.66. The molecule has 0 aromatic carbocycles. The highest BCUT2D eigenvalue weighted by molar-refractivity contribution is 5.99. The minimum absolute atomic E-state index is 0.0344. The maximum atomic E-state index is 12.0. The number of hydrogen-bond acceptors (Lipinski definition) is 5. The standard InChI is InChI=1S/C15H18O5/c1-9-7-20-15(19)6-10-4-5-11(16)13(3,17)12(10,2)8-14(9,15)18/h4-6,17-19H,1,7-8H2,2-3H3. The summed E-state index contributed by atoms with van der Waals surface area (Å²) in [5, 5.41) is 31.9. The molecule has 0 spiro atoms. The van der Waals surface area contributed by atoms with E-state index in [1.54, 1.807) is 13.0 Å². The smallest absolute Gasteiger partial charge is 0.220 e. The van der Waals surface area contributed by atoms with Crippen LogP contribution in [0.15, 0.2) is 36.0 Å². The van der Waals surface area contributed by atoms with E-state index in [2.05, 4.69) is 6.58 Å². The van der Waals surface area contributed by atoms with E-state index in [1.807, 2.05) is 0 Å². The fourth-order valence-electron chi connectivity index (χ4n) is 3.37. The van der Waals surface area contributed by atoms with Crippen LogP contribution in [0.25, 0.3) is 0 Å². The molecule has 5 heteroatoms. The summed E-state index contributed by atoms with van der Waals surface area (Å²) in [6, 6.07) is 0. The number of ketones is 1. The van der Waals surface area contributed by atoms with E-state index in [0.717, 1.165) is 0 Å². The molecule has 0 aromatic rings. The Balaban J connectivity index is 2.25. The first-order valence-corrected chi connectivity index (χ1v) is 6.52. The molecule has 3 aliphatic rings. The lowest BCUT2D eigenvalue weighted by atomic mass is 9.55. The Kier molecular flexibility index (Phi) is 2.39. The molecule has 0 radical (unpaired) electrons. The molecular formula is C15H18O5. The molecule has 2 aliphatic carbocycles. The van der Waals surface area contributed by atoms with E-state index < -0.39 is 28.2 Å². The Bertz CT molecular complexity index is 587. The number of rotatable bonds is 0. The van der Waals surface area contributed by atoms with E-state index in [4.69, 9.17) is 4.74 Å². The van der Waals surface area contributed by atoms with Gasteiger partial charge in [0.25, 0.3) is 0 Å². The fourth-order valence-corrected chi connectivity index (χ4v) is 3.37. The van der Waals surface area contributed by atoms with E-state index in [1.165, 1.54) is 19.1 Å². The molecule has 4 atom stereocenters. The van der Waals surface area contributed by atoms with Crippen LogP contribution >= 0.6 is 0 Å². The van der Waals surface area contributed by atoms with Gasteiger partial charge in [0.15, 0.2) is 5.78 Å². The lowest BCUT2D eigenvalue weighted by molar-refractivity contribution is -0.238. The molecular weight excluding hydrogens is 260 g/mol. The van der Waals surface area contributed by atoms with E-state index in [9.17, 15) is 20.1 Å². The van der Waals surface area contributed by atoms with Crippen molar-refractivity contribution < 1.29 is 24.9 Å². The van der Waals surface area contributed by atoms with Crippen molar-refractivity contribution >= 4 is 5.78 Å². The molecule has 1 heterocycles. The second-order valence-electron chi connectivity index (χ2n) is 6.33. The molecule has 1 aliphatic heterocycles. The number of carbonyl (C=O) groups is 1. The Morgan fingerprint density at radius 1 is 1.25 bits per heavy atom. The van der Waals surface area contributed by atoms with Crippen LogP contribution in [0.4, 0.5) is 0 Å². The average molecular weight is 278 g/mol. The Hall–Kier alpha value is -1.27. The maximum Gasteiger partial charge on any atom is 0.220 e. The fraction of sp³-hybridized carbons (Fsp3) is 0.533. The summed E-state index contributed by atoms with van der Waals surface area (Å²) in [6.07, 6.45) is 4.18. The van der Waals surface area contributed by atoms with Gasteiger partial charge in [0.1, 0.15) is 11.2 Å². The van der Waals surface area contributed by atoms with Gasteiger partial charge in [-0.05, 0) is 36.6 Å². The lowest BCUT2D eigenvalue weighted by Gasteiger charge is -2.53. The third-order valence-electron chi connectivity index (χ3n) is 5.21. The number of fused-ring (bicyclic) bond motifs is 2. The molecule has 20 heavy (non-hydrogen) atoms. The van der Waals surface area contributed by atoms with Crippen molar-refractivity contribution in [3.8, 4) is 0 Å². The number of ether oxygens (including phenoxy) is 1. The van der Waals surface area contributed by atoms with Crippen LogP contribution < -0.4 is 0 Å². The number of hydrogen-bond donors (Lipinski definition) is 3. The highest BCUT2D eigenvalue weighted by atomic mass is 16.6. The Labute approximate surface area is 116 Å². The molecule has 1 fully saturated rings. The van der Waals surface area contributed by atoms with Crippen LogP contribution in [-0.4, -0.2) is 44.7 Å². The zero-order valence-electron chi connectivity index (χ0n) is 11.5. The molecule has 108 valence electrons. The molecule has 3 N–H and O–H groups in total.